The molecule has 2 amide bonds. The molecule has 0 aliphatic carbocycles. The Kier molecular flexibility index (Phi) is 4.32. The minimum absolute atomic E-state index is 0.213. The standard InChI is InChI=1S/C14H10BrF3N2O2/c15-9-5-1-2-6-10(9)20(13(19)22)11-7-3-4-8(12(11)21)14(16,17)18/h1-7,21H,(H2,19,22). The molecule has 0 heterocycles. The van der Waals surface area contributed by atoms with E-state index in [0.29, 0.717) is 4.47 Å². The highest BCUT2D eigenvalue weighted by atomic mass is 79.9. The first-order valence-corrected chi connectivity index (χ1v) is 6.76. The van der Waals surface area contributed by atoms with Gasteiger partial charge in [0.2, 0.25) is 0 Å². The van der Waals surface area contributed by atoms with Gasteiger partial charge >= 0.3 is 12.2 Å². The van der Waals surface area contributed by atoms with Crippen LogP contribution in [-0.4, -0.2) is 11.1 Å². The van der Waals surface area contributed by atoms with Gasteiger partial charge in [0, 0.05) is 4.47 Å². The molecule has 0 saturated heterocycles. The molecule has 8 heteroatoms. The molecular weight excluding hydrogens is 365 g/mol. The van der Waals surface area contributed by atoms with Crippen LogP contribution >= 0.6 is 15.9 Å². The molecule has 22 heavy (non-hydrogen) atoms. The molecule has 2 rings (SSSR count). The van der Waals surface area contributed by atoms with Crippen LogP contribution < -0.4 is 10.6 Å². The average Bonchev–Trinajstić information content (AvgIpc) is 2.41. The molecule has 3 N–H and O–H groups in total. The molecule has 0 saturated carbocycles. The Hall–Kier alpha value is -2.22. The van der Waals surface area contributed by atoms with Gasteiger partial charge in [-0.25, -0.2) is 4.79 Å². The van der Waals surface area contributed by atoms with Crippen LogP contribution in [-0.2, 0) is 6.18 Å². The molecule has 0 aliphatic rings. The molecule has 0 aromatic heterocycles. The van der Waals surface area contributed by atoms with Crippen LogP contribution in [0, 0.1) is 0 Å². The van der Waals surface area contributed by atoms with E-state index in [9.17, 15) is 23.1 Å². The van der Waals surface area contributed by atoms with Gasteiger partial charge in [-0.15, -0.1) is 0 Å². The first kappa shape index (κ1) is 16.2. The number of amides is 2. The summed E-state index contributed by atoms with van der Waals surface area (Å²) < 4.78 is 39.0. The van der Waals surface area contributed by atoms with E-state index < -0.39 is 23.5 Å². The number of primary amides is 1. The summed E-state index contributed by atoms with van der Waals surface area (Å²) >= 11 is 3.19. The van der Waals surface area contributed by atoms with Crippen molar-refractivity contribution in [2.24, 2.45) is 5.73 Å². The maximum atomic E-state index is 12.9. The summed E-state index contributed by atoms with van der Waals surface area (Å²) in [5, 5.41) is 9.91. The SMILES string of the molecule is NC(=O)N(c1ccccc1Br)c1cccc(C(F)(F)F)c1O. The van der Waals surface area contributed by atoms with E-state index in [-0.39, 0.29) is 11.4 Å². The summed E-state index contributed by atoms with van der Waals surface area (Å²) in [5.74, 6) is -1.07. The topological polar surface area (TPSA) is 66.6 Å². The molecule has 0 unspecified atom stereocenters. The van der Waals surface area contributed by atoms with Crippen LogP contribution in [0.5, 0.6) is 5.75 Å². The number of aromatic hydroxyl groups is 1. The lowest BCUT2D eigenvalue weighted by Crippen LogP contribution is -2.32. The molecule has 0 aliphatic heterocycles. The van der Waals surface area contributed by atoms with Crippen LogP contribution in [0.25, 0.3) is 0 Å². The first-order chi connectivity index (χ1) is 10.2. The number of carbonyl (C=O) groups is 1. The van der Waals surface area contributed by atoms with Gasteiger partial charge < -0.3 is 10.8 Å². The monoisotopic (exact) mass is 374 g/mol. The zero-order chi connectivity index (χ0) is 16.5. The van der Waals surface area contributed by atoms with Crippen LogP contribution in [0.1, 0.15) is 5.56 Å². The van der Waals surface area contributed by atoms with E-state index in [2.05, 4.69) is 15.9 Å². The molecule has 0 atom stereocenters. The number of nitrogens with two attached hydrogens (primary N) is 1. The number of phenols is 1. The molecular formula is C14H10BrF3N2O2. The third kappa shape index (κ3) is 3.01. The van der Waals surface area contributed by atoms with E-state index in [1.54, 1.807) is 18.2 Å². The smallest absolute Gasteiger partial charge is 0.420 e. The fourth-order valence-corrected chi connectivity index (χ4v) is 2.40. The number of para-hydroxylation sites is 2. The van der Waals surface area contributed by atoms with Crippen molar-refractivity contribution in [1.29, 1.82) is 0 Å². The van der Waals surface area contributed by atoms with Gasteiger partial charge in [0.15, 0.2) is 5.75 Å². The number of carbonyl (C=O) groups excluding carboxylic acids is 1. The van der Waals surface area contributed by atoms with E-state index in [4.69, 9.17) is 5.73 Å². The van der Waals surface area contributed by atoms with Crippen molar-refractivity contribution in [2.45, 2.75) is 6.18 Å². The maximum Gasteiger partial charge on any atom is 0.420 e. The predicted octanol–water partition coefficient (Wildman–Crippen LogP) is 4.39. The number of hydrogen-bond acceptors (Lipinski definition) is 2. The fourth-order valence-electron chi connectivity index (χ4n) is 1.94. The normalized spacial score (nSPS) is 11.3. The Bertz CT molecular complexity index is 719. The lowest BCUT2D eigenvalue weighted by molar-refractivity contribution is -0.138. The molecule has 0 bridgehead atoms. The lowest BCUT2D eigenvalue weighted by Gasteiger charge is -2.24. The number of alkyl halides is 3. The van der Waals surface area contributed by atoms with Crippen molar-refractivity contribution < 1.29 is 23.1 Å². The summed E-state index contributed by atoms with van der Waals surface area (Å²) in [5.41, 5.74) is 3.88. The number of anilines is 2. The first-order valence-electron chi connectivity index (χ1n) is 5.96. The zero-order valence-corrected chi connectivity index (χ0v) is 12.5. The molecule has 0 fully saturated rings. The quantitative estimate of drug-likeness (QED) is 0.818. The second kappa shape index (κ2) is 5.88. The van der Waals surface area contributed by atoms with Gasteiger partial charge in [-0.2, -0.15) is 13.2 Å². The Balaban J connectivity index is 2.66. The van der Waals surface area contributed by atoms with Crippen molar-refractivity contribution in [3.63, 3.8) is 0 Å². The summed E-state index contributed by atoms with van der Waals surface area (Å²) in [4.78, 5) is 12.5. The van der Waals surface area contributed by atoms with Gasteiger partial charge in [0.25, 0.3) is 0 Å². The van der Waals surface area contributed by atoms with Crippen molar-refractivity contribution in [2.75, 3.05) is 4.90 Å². The van der Waals surface area contributed by atoms with Crippen molar-refractivity contribution >= 4 is 33.3 Å². The van der Waals surface area contributed by atoms with E-state index in [1.165, 1.54) is 12.1 Å². The van der Waals surface area contributed by atoms with Crippen molar-refractivity contribution in [1.82, 2.24) is 0 Å². The van der Waals surface area contributed by atoms with E-state index in [1.807, 2.05) is 0 Å². The van der Waals surface area contributed by atoms with Gasteiger partial charge in [-0.3, -0.25) is 4.90 Å². The summed E-state index contributed by atoms with van der Waals surface area (Å²) in [6, 6.07) is 8.28. The minimum Gasteiger partial charge on any atom is -0.505 e. The van der Waals surface area contributed by atoms with Crippen molar-refractivity contribution in [3.8, 4) is 5.75 Å². The van der Waals surface area contributed by atoms with Gasteiger partial charge in [0.05, 0.1) is 16.9 Å². The third-order valence-corrected chi connectivity index (χ3v) is 3.55. The number of nitrogens with zero attached hydrogens (tertiary/aromatic N) is 1. The largest absolute Gasteiger partial charge is 0.505 e. The molecule has 0 radical (unpaired) electrons. The third-order valence-electron chi connectivity index (χ3n) is 2.87. The van der Waals surface area contributed by atoms with Gasteiger partial charge in [-0.05, 0) is 40.2 Å². The molecule has 116 valence electrons. The number of hydrogen-bond donors (Lipinski definition) is 2. The highest BCUT2D eigenvalue weighted by molar-refractivity contribution is 9.10. The molecule has 4 nitrogen and oxygen atoms in total. The fraction of sp³-hybridized carbons (Fsp3) is 0.0714. The van der Waals surface area contributed by atoms with Gasteiger partial charge in [0.1, 0.15) is 0 Å². The molecule has 0 spiro atoms. The summed E-state index contributed by atoms with van der Waals surface area (Å²) in [6.07, 6.45) is -4.75. The summed E-state index contributed by atoms with van der Waals surface area (Å²) in [6.45, 7) is 0. The van der Waals surface area contributed by atoms with Gasteiger partial charge in [-0.1, -0.05) is 18.2 Å². The number of benzene rings is 2. The lowest BCUT2D eigenvalue weighted by atomic mass is 10.1. The van der Waals surface area contributed by atoms with E-state index in [0.717, 1.165) is 17.0 Å². The van der Waals surface area contributed by atoms with Crippen LogP contribution in [0.15, 0.2) is 46.9 Å². The maximum absolute atomic E-state index is 12.9. The molecule has 2 aromatic carbocycles. The number of urea groups is 1. The summed E-state index contributed by atoms with van der Waals surface area (Å²) in [7, 11) is 0. The van der Waals surface area contributed by atoms with Crippen molar-refractivity contribution in [3.05, 3.63) is 52.5 Å². The highest BCUT2D eigenvalue weighted by Crippen LogP contribution is 2.43. The number of rotatable bonds is 2. The second-order valence-electron chi connectivity index (χ2n) is 4.30. The Labute approximate surface area is 132 Å². The minimum atomic E-state index is -4.75. The van der Waals surface area contributed by atoms with Crippen LogP contribution in [0.4, 0.5) is 29.3 Å². The average molecular weight is 375 g/mol. The Morgan fingerprint density at radius 1 is 1.09 bits per heavy atom. The predicted molar refractivity (Wildman–Crippen MR) is 79.0 cm³/mol. The second-order valence-corrected chi connectivity index (χ2v) is 5.15. The van der Waals surface area contributed by atoms with Crippen LogP contribution in [0.3, 0.4) is 0 Å². The zero-order valence-electron chi connectivity index (χ0n) is 10.9. The number of phenolic OH excluding ortho intramolecular Hbond substituents is 1. The molecule has 2 aromatic rings. The highest BCUT2D eigenvalue weighted by Gasteiger charge is 2.36. The van der Waals surface area contributed by atoms with Crippen LogP contribution in [0.2, 0.25) is 0 Å². The number of halogens is 4. The van der Waals surface area contributed by atoms with E-state index >= 15 is 0 Å². The Morgan fingerprint density at radius 3 is 2.23 bits per heavy atom. The Morgan fingerprint density at radius 2 is 1.68 bits per heavy atom.